The predicted molar refractivity (Wildman–Crippen MR) is 153 cm³/mol. The van der Waals surface area contributed by atoms with E-state index >= 15 is 0 Å². The van der Waals surface area contributed by atoms with Gasteiger partial charge in [0, 0.05) is 0 Å². The Kier molecular flexibility index (Phi) is 10.3. The van der Waals surface area contributed by atoms with Gasteiger partial charge in [-0.15, -0.1) is 0 Å². The average molecular weight is 465 g/mol. The van der Waals surface area contributed by atoms with Crippen LogP contribution in [0.25, 0.3) is 0 Å². The summed E-state index contributed by atoms with van der Waals surface area (Å²) in [4.78, 5) is 0. The first-order valence-corrected chi connectivity index (χ1v) is 14.1. The quantitative estimate of drug-likeness (QED) is 0.319. The summed E-state index contributed by atoms with van der Waals surface area (Å²) in [7, 11) is 0. The van der Waals surface area contributed by atoms with Crippen LogP contribution in [0.4, 0.5) is 0 Å². The van der Waals surface area contributed by atoms with Crippen LogP contribution in [0, 0.1) is 45.8 Å². The molecule has 1 aliphatic carbocycles. The maximum absolute atomic E-state index is 2.70. The maximum atomic E-state index is 2.70. The van der Waals surface area contributed by atoms with Crippen molar-refractivity contribution in [3.8, 4) is 0 Å². The maximum Gasteiger partial charge on any atom is -0.0166 e. The SMILES string of the molecule is CCCC=CC[C@@H]1[C@@H](C=C[C@H](CCc2ccccc2)C(C)(C)C)[C@H](C(C)(C)C)C[C@@H]1C(C)(C)C. The summed E-state index contributed by atoms with van der Waals surface area (Å²) in [6, 6.07) is 11.0. The van der Waals surface area contributed by atoms with E-state index in [1.807, 2.05) is 0 Å². The van der Waals surface area contributed by atoms with Gasteiger partial charge in [-0.2, -0.15) is 0 Å². The minimum absolute atomic E-state index is 0.279. The highest BCUT2D eigenvalue weighted by Crippen LogP contribution is 2.56. The van der Waals surface area contributed by atoms with Gasteiger partial charge in [0.15, 0.2) is 0 Å². The van der Waals surface area contributed by atoms with Crippen molar-refractivity contribution in [1.29, 1.82) is 0 Å². The molecule has 0 aromatic heterocycles. The van der Waals surface area contributed by atoms with Gasteiger partial charge in [-0.1, -0.05) is 130 Å². The lowest BCUT2D eigenvalue weighted by atomic mass is 9.70. The summed E-state index contributed by atoms with van der Waals surface area (Å²) in [6.45, 7) is 24.4. The monoisotopic (exact) mass is 464 g/mol. The molecular weight excluding hydrogens is 408 g/mol. The molecule has 192 valence electrons. The van der Waals surface area contributed by atoms with E-state index in [0.717, 1.165) is 24.2 Å². The molecule has 0 amide bonds. The van der Waals surface area contributed by atoms with Crippen LogP contribution in [0.5, 0.6) is 0 Å². The van der Waals surface area contributed by atoms with E-state index in [1.54, 1.807) is 0 Å². The predicted octanol–water partition coefficient (Wildman–Crippen LogP) is 10.5. The lowest BCUT2D eigenvalue weighted by molar-refractivity contribution is 0.174. The molecule has 0 N–H and O–H groups in total. The summed E-state index contributed by atoms with van der Waals surface area (Å²) in [6.07, 6.45) is 17.7. The number of benzene rings is 1. The van der Waals surface area contributed by atoms with Crippen LogP contribution in [0.1, 0.15) is 107 Å². The van der Waals surface area contributed by atoms with Crippen molar-refractivity contribution in [3.63, 3.8) is 0 Å². The van der Waals surface area contributed by atoms with E-state index in [1.165, 1.54) is 37.7 Å². The number of rotatable bonds is 9. The minimum atomic E-state index is 0.279. The fourth-order valence-electron chi connectivity index (χ4n) is 6.28. The smallest absolute Gasteiger partial charge is 0.0166 e. The van der Waals surface area contributed by atoms with Crippen LogP contribution in [0.3, 0.4) is 0 Å². The Bertz CT molecular complexity index is 759. The Morgan fingerprint density at radius 2 is 1.47 bits per heavy atom. The molecule has 5 atom stereocenters. The zero-order valence-electron chi connectivity index (χ0n) is 24.3. The van der Waals surface area contributed by atoms with Crippen LogP contribution >= 0.6 is 0 Å². The van der Waals surface area contributed by atoms with E-state index in [9.17, 15) is 0 Å². The lowest BCUT2D eigenvalue weighted by Gasteiger charge is -2.35. The Balaban J connectivity index is 2.34. The molecule has 34 heavy (non-hydrogen) atoms. The van der Waals surface area contributed by atoms with Crippen molar-refractivity contribution in [2.45, 2.75) is 108 Å². The van der Waals surface area contributed by atoms with Crippen LogP contribution in [0.2, 0.25) is 0 Å². The first-order valence-electron chi connectivity index (χ1n) is 14.1. The molecule has 2 rings (SSSR count). The molecule has 1 aromatic rings. The van der Waals surface area contributed by atoms with Crippen LogP contribution < -0.4 is 0 Å². The standard InChI is InChI=1S/C34H56/c1-11-12-13-17-20-28-29(31(34(8,9)10)25-30(28)33(5,6)7)24-23-27(32(2,3)4)22-21-26-18-15-14-16-19-26/h13-19,23-24,27-31H,11-12,20-22,25H2,1-10H3/t27-,28+,29+,30-,31+/m0/s1. The Labute approximate surface area is 213 Å². The van der Waals surface area contributed by atoms with Crippen LogP contribution in [0.15, 0.2) is 54.6 Å². The molecule has 0 aliphatic heterocycles. The molecule has 0 spiro atoms. The summed E-state index contributed by atoms with van der Waals surface area (Å²) >= 11 is 0. The Hall–Kier alpha value is -1.30. The van der Waals surface area contributed by atoms with Gasteiger partial charge < -0.3 is 0 Å². The largest absolute Gasteiger partial charge is 0.0885 e. The molecule has 0 nitrogen and oxygen atoms in total. The third-order valence-electron chi connectivity index (χ3n) is 8.50. The van der Waals surface area contributed by atoms with Crippen LogP contribution in [-0.2, 0) is 6.42 Å². The fraction of sp³-hybridized carbons (Fsp3) is 0.706. The second kappa shape index (κ2) is 12.1. The molecule has 1 aromatic carbocycles. The molecule has 1 saturated carbocycles. The van der Waals surface area contributed by atoms with E-state index in [0.29, 0.717) is 22.7 Å². The van der Waals surface area contributed by atoms with Gasteiger partial charge in [-0.05, 0) is 83.5 Å². The number of hydrogen-bond donors (Lipinski definition) is 0. The molecule has 0 unspecified atom stereocenters. The fourth-order valence-corrected chi connectivity index (χ4v) is 6.28. The first kappa shape index (κ1) is 28.9. The second-order valence-corrected chi connectivity index (χ2v) is 14.3. The van der Waals surface area contributed by atoms with Gasteiger partial charge in [0.05, 0.1) is 0 Å². The highest BCUT2D eigenvalue weighted by Gasteiger charge is 2.49. The topological polar surface area (TPSA) is 0 Å². The normalized spacial score (nSPS) is 25.5. The van der Waals surface area contributed by atoms with E-state index in [4.69, 9.17) is 0 Å². The molecule has 0 heterocycles. The number of unbranched alkanes of at least 4 members (excludes halogenated alkanes) is 1. The minimum Gasteiger partial charge on any atom is -0.0885 e. The Morgan fingerprint density at radius 3 is 2.00 bits per heavy atom. The van der Waals surface area contributed by atoms with Gasteiger partial charge in [-0.25, -0.2) is 0 Å². The lowest BCUT2D eigenvalue weighted by Crippen LogP contribution is -2.27. The molecule has 0 bridgehead atoms. The van der Waals surface area contributed by atoms with Gasteiger partial charge in [0.2, 0.25) is 0 Å². The van der Waals surface area contributed by atoms with Crippen molar-refractivity contribution >= 4 is 0 Å². The average Bonchev–Trinajstić information content (AvgIpc) is 3.10. The number of hydrogen-bond acceptors (Lipinski definition) is 0. The van der Waals surface area contributed by atoms with Gasteiger partial charge in [0.25, 0.3) is 0 Å². The molecular formula is C34H56. The van der Waals surface area contributed by atoms with Crippen molar-refractivity contribution in [2.75, 3.05) is 0 Å². The molecule has 0 heteroatoms. The first-order chi connectivity index (χ1) is 15.7. The summed E-state index contributed by atoms with van der Waals surface area (Å²) < 4.78 is 0. The Morgan fingerprint density at radius 1 is 0.853 bits per heavy atom. The zero-order chi connectivity index (χ0) is 25.6. The molecule has 1 fully saturated rings. The zero-order valence-corrected chi connectivity index (χ0v) is 24.3. The van der Waals surface area contributed by atoms with Gasteiger partial charge in [0.1, 0.15) is 0 Å². The van der Waals surface area contributed by atoms with E-state index in [-0.39, 0.29) is 5.41 Å². The summed E-state index contributed by atoms with van der Waals surface area (Å²) in [5.74, 6) is 3.51. The number of allylic oxidation sites excluding steroid dienone is 4. The summed E-state index contributed by atoms with van der Waals surface area (Å²) in [5, 5.41) is 0. The highest BCUT2D eigenvalue weighted by molar-refractivity contribution is 5.16. The third-order valence-corrected chi connectivity index (χ3v) is 8.50. The molecule has 1 aliphatic rings. The molecule has 0 saturated heterocycles. The highest BCUT2D eigenvalue weighted by atomic mass is 14.5. The van der Waals surface area contributed by atoms with Crippen molar-refractivity contribution in [1.82, 2.24) is 0 Å². The van der Waals surface area contributed by atoms with Crippen molar-refractivity contribution < 1.29 is 0 Å². The third kappa shape index (κ3) is 8.42. The van der Waals surface area contributed by atoms with E-state index in [2.05, 4.69) is 124 Å². The van der Waals surface area contributed by atoms with Crippen molar-refractivity contribution in [3.05, 3.63) is 60.2 Å². The van der Waals surface area contributed by atoms with Crippen molar-refractivity contribution in [2.24, 2.45) is 45.8 Å². The van der Waals surface area contributed by atoms with Crippen LogP contribution in [-0.4, -0.2) is 0 Å². The molecule has 0 radical (unpaired) electrons. The number of aryl methyl sites for hydroxylation is 1. The van der Waals surface area contributed by atoms with E-state index < -0.39 is 0 Å². The summed E-state index contributed by atoms with van der Waals surface area (Å²) in [5.41, 5.74) is 2.43. The van der Waals surface area contributed by atoms with Gasteiger partial charge >= 0.3 is 0 Å². The second-order valence-electron chi connectivity index (χ2n) is 14.3. The van der Waals surface area contributed by atoms with Gasteiger partial charge in [-0.3, -0.25) is 0 Å².